The van der Waals surface area contributed by atoms with Gasteiger partial charge in [0.25, 0.3) is 0 Å². The summed E-state index contributed by atoms with van der Waals surface area (Å²) in [5, 5.41) is 0. The molecule has 0 aliphatic rings. The summed E-state index contributed by atoms with van der Waals surface area (Å²) in [6.45, 7) is 6.57. The van der Waals surface area contributed by atoms with Crippen LogP contribution in [0.1, 0.15) is 278 Å². The zero-order chi connectivity index (χ0) is 47.2. The fourth-order valence-corrected chi connectivity index (χ4v) is 7.73. The Morgan fingerprint density at radius 1 is 0.308 bits per heavy atom. The number of carbonyl (C=O) groups is 3. The van der Waals surface area contributed by atoms with E-state index in [0.29, 0.717) is 19.3 Å². The zero-order valence-corrected chi connectivity index (χ0v) is 43.0. The summed E-state index contributed by atoms with van der Waals surface area (Å²) < 4.78 is 16.8. The third-order valence-electron chi connectivity index (χ3n) is 12.0. The maximum Gasteiger partial charge on any atom is 0.306 e. The molecular formula is C59H104O6. The highest BCUT2D eigenvalue weighted by Gasteiger charge is 2.19. The second-order valence-electron chi connectivity index (χ2n) is 18.5. The average Bonchev–Trinajstić information content (AvgIpc) is 3.30. The van der Waals surface area contributed by atoms with Crippen molar-refractivity contribution >= 4 is 17.9 Å². The van der Waals surface area contributed by atoms with Crippen LogP contribution < -0.4 is 0 Å². The summed E-state index contributed by atoms with van der Waals surface area (Å²) in [6, 6.07) is 0. The molecule has 0 unspecified atom stereocenters. The normalized spacial score (nSPS) is 12.5. The average molecular weight is 909 g/mol. The third-order valence-corrected chi connectivity index (χ3v) is 12.0. The lowest BCUT2D eigenvalue weighted by atomic mass is 10.1. The van der Waals surface area contributed by atoms with Gasteiger partial charge in [0.2, 0.25) is 0 Å². The molecule has 0 heterocycles. The third kappa shape index (κ3) is 51.9. The van der Waals surface area contributed by atoms with E-state index in [1.54, 1.807) is 0 Å². The Kier molecular flexibility index (Phi) is 51.3. The van der Waals surface area contributed by atoms with Crippen LogP contribution >= 0.6 is 0 Å². The van der Waals surface area contributed by atoms with E-state index >= 15 is 0 Å². The highest BCUT2D eigenvalue weighted by Crippen LogP contribution is 2.15. The van der Waals surface area contributed by atoms with Crippen LogP contribution in [0.2, 0.25) is 0 Å². The molecule has 0 fully saturated rings. The summed E-state index contributed by atoms with van der Waals surface area (Å²) in [4.78, 5) is 38.1. The van der Waals surface area contributed by atoms with Crippen molar-refractivity contribution in [3.63, 3.8) is 0 Å². The molecule has 0 bridgehead atoms. The molecule has 6 nitrogen and oxygen atoms in total. The van der Waals surface area contributed by atoms with Crippen LogP contribution in [0.4, 0.5) is 0 Å². The van der Waals surface area contributed by atoms with Crippen molar-refractivity contribution in [1.29, 1.82) is 0 Å². The van der Waals surface area contributed by atoms with E-state index in [4.69, 9.17) is 14.2 Å². The first-order chi connectivity index (χ1) is 32.0. The molecule has 6 heteroatoms. The lowest BCUT2D eigenvalue weighted by molar-refractivity contribution is -0.167. The number of unbranched alkanes of at least 4 members (excludes halogenated alkanes) is 29. The highest BCUT2D eigenvalue weighted by molar-refractivity contribution is 5.71. The number of hydrogen-bond acceptors (Lipinski definition) is 6. The highest BCUT2D eigenvalue weighted by atomic mass is 16.6. The van der Waals surface area contributed by atoms with E-state index in [1.165, 1.54) is 167 Å². The monoisotopic (exact) mass is 909 g/mol. The molecule has 1 atom stereocenters. The van der Waals surface area contributed by atoms with E-state index in [0.717, 1.165) is 70.6 Å². The molecule has 376 valence electrons. The molecule has 0 amide bonds. The maximum absolute atomic E-state index is 12.8. The standard InChI is InChI=1S/C59H104O6/c1-4-7-10-13-16-19-22-25-28-29-32-34-37-40-43-46-49-52-58(61)64-55-56(65-59(62)53-50-47-44-41-38-35-31-27-24-21-18-15-12-9-6-3)54-63-57(60)51-48-45-42-39-36-33-30-26-23-20-17-14-11-8-5-2/h17,20-21,24-26,28,30,36,39,56H,4-16,18-19,22-23,27,29,31-35,37-38,40-55H2,1-3H3/b20-17-,24-21-,28-25-,30-26-,39-36-/t56-/m1/s1. The number of esters is 3. The molecule has 0 aromatic rings. The Bertz CT molecular complexity index is 1180. The fraction of sp³-hybridized carbons (Fsp3) is 0.780. The van der Waals surface area contributed by atoms with Crippen LogP contribution in [0, 0.1) is 0 Å². The summed E-state index contributed by atoms with van der Waals surface area (Å²) in [6.07, 6.45) is 66.3. The quantitative estimate of drug-likeness (QED) is 0.0262. The van der Waals surface area contributed by atoms with Crippen molar-refractivity contribution < 1.29 is 28.6 Å². The second-order valence-corrected chi connectivity index (χ2v) is 18.5. The van der Waals surface area contributed by atoms with E-state index in [2.05, 4.69) is 81.5 Å². The van der Waals surface area contributed by atoms with E-state index in [-0.39, 0.29) is 31.1 Å². The smallest absolute Gasteiger partial charge is 0.306 e. The molecule has 0 N–H and O–H groups in total. The number of ether oxygens (including phenoxy) is 3. The molecule has 0 aliphatic heterocycles. The first-order valence-electron chi connectivity index (χ1n) is 27.8. The molecule has 0 radical (unpaired) electrons. The minimum Gasteiger partial charge on any atom is -0.462 e. The van der Waals surface area contributed by atoms with Crippen LogP contribution in [0.15, 0.2) is 60.8 Å². The van der Waals surface area contributed by atoms with Gasteiger partial charge in [0.05, 0.1) is 0 Å². The summed E-state index contributed by atoms with van der Waals surface area (Å²) in [5.41, 5.74) is 0. The first kappa shape index (κ1) is 62.1. The van der Waals surface area contributed by atoms with Gasteiger partial charge in [0.15, 0.2) is 6.10 Å². The molecule has 0 aliphatic carbocycles. The number of allylic oxidation sites excluding steroid dienone is 10. The summed E-state index contributed by atoms with van der Waals surface area (Å²) >= 11 is 0. The molecule has 0 rings (SSSR count). The molecule has 0 aromatic carbocycles. The Hall–Kier alpha value is -2.89. The molecule has 0 saturated carbocycles. The van der Waals surface area contributed by atoms with E-state index < -0.39 is 6.10 Å². The van der Waals surface area contributed by atoms with Crippen molar-refractivity contribution in [1.82, 2.24) is 0 Å². The lowest BCUT2D eigenvalue weighted by Crippen LogP contribution is -2.30. The molecule has 0 saturated heterocycles. The second kappa shape index (κ2) is 53.7. The molecular weight excluding hydrogens is 805 g/mol. The van der Waals surface area contributed by atoms with Gasteiger partial charge in [-0.05, 0) is 109 Å². The van der Waals surface area contributed by atoms with Crippen molar-refractivity contribution in [2.45, 2.75) is 284 Å². The number of hydrogen-bond donors (Lipinski definition) is 0. The number of carbonyl (C=O) groups excluding carboxylic acids is 3. The van der Waals surface area contributed by atoms with Crippen LogP contribution in [0.3, 0.4) is 0 Å². The lowest BCUT2D eigenvalue weighted by Gasteiger charge is -2.18. The SMILES string of the molecule is CCCCC/C=C\C/C=C\C/C=C\CCCCC(=O)OC[C@H](COC(=O)CCCCCCCCC/C=C\CCCCCCCC)OC(=O)CCCCCCCCC/C=C\CCCCCC. The summed E-state index contributed by atoms with van der Waals surface area (Å²) in [5.74, 6) is -0.930. The Balaban J connectivity index is 4.43. The van der Waals surface area contributed by atoms with Gasteiger partial charge in [0.1, 0.15) is 13.2 Å². The molecule has 0 spiro atoms. The predicted molar refractivity (Wildman–Crippen MR) is 279 cm³/mol. The summed E-state index contributed by atoms with van der Waals surface area (Å²) in [7, 11) is 0. The van der Waals surface area contributed by atoms with Gasteiger partial charge in [-0.25, -0.2) is 0 Å². The minimum atomic E-state index is -0.793. The predicted octanol–water partition coefficient (Wildman–Crippen LogP) is 18.4. The van der Waals surface area contributed by atoms with Crippen LogP contribution in [-0.2, 0) is 28.6 Å². The van der Waals surface area contributed by atoms with Crippen molar-refractivity contribution in [2.24, 2.45) is 0 Å². The largest absolute Gasteiger partial charge is 0.462 e. The Morgan fingerprint density at radius 2 is 0.554 bits per heavy atom. The van der Waals surface area contributed by atoms with Gasteiger partial charge in [-0.15, -0.1) is 0 Å². The van der Waals surface area contributed by atoms with E-state index in [1.807, 2.05) is 0 Å². The topological polar surface area (TPSA) is 78.9 Å². The maximum atomic E-state index is 12.8. The van der Waals surface area contributed by atoms with Crippen LogP contribution in [0.5, 0.6) is 0 Å². The molecule has 65 heavy (non-hydrogen) atoms. The van der Waals surface area contributed by atoms with Gasteiger partial charge < -0.3 is 14.2 Å². The van der Waals surface area contributed by atoms with E-state index in [9.17, 15) is 14.4 Å². The minimum absolute atomic E-state index is 0.0895. The van der Waals surface area contributed by atoms with Gasteiger partial charge in [0, 0.05) is 19.3 Å². The van der Waals surface area contributed by atoms with Gasteiger partial charge in [-0.1, -0.05) is 210 Å². The molecule has 0 aromatic heterocycles. The van der Waals surface area contributed by atoms with Gasteiger partial charge >= 0.3 is 17.9 Å². The number of rotatable bonds is 50. The van der Waals surface area contributed by atoms with Crippen molar-refractivity contribution in [3.05, 3.63) is 60.8 Å². The van der Waals surface area contributed by atoms with Gasteiger partial charge in [-0.2, -0.15) is 0 Å². The first-order valence-corrected chi connectivity index (χ1v) is 27.8. The fourth-order valence-electron chi connectivity index (χ4n) is 7.73. The van der Waals surface area contributed by atoms with Crippen LogP contribution in [0.25, 0.3) is 0 Å². The van der Waals surface area contributed by atoms with Crippen LogP contribution in [-0.4, -0.2) is 37.2 Å². The zero-order valence-electron chi connectivity index (χ0n) is 43.0. The Labute approximate surface area is 402 Å². The van der Waals surface area contributed by atoms with Gasteiger partial charge in [-0.3, -0.25) is 14.4 Å². The Morgan fingerprint density at radius 3 is 0.954 bits per heavy atom. The van der Waals surface area contributed by atoms with Crippen molar-refractivity contribution in [3.8, 4) is 0 Å². The van der Waals surface area contributed by atoms with Crippen molar-refractivity contribution in [2.75, 3.05) is 13.2 Å².